The quantitative estimate of drug-likeness (QED) is 0.586. The molecule has 0 N–H and O–H groups in total. The standard InChI is InChI=1S/C16H16O2S/c1-18-14-8-5-9-15(12-14)19-11-10-16(17)13-6-3-2-4-7-13/h2-9,12H,10-11H2,1H3. The van der Waals surface area contributed by atoms with Crippen molar-refractivity contribution in [3.8, 4) is 5.75 Å². The Hall–Kier alpha value is -1.74. The Labute approximate surface area is 117 Å². The Bertz CT molecular complexity index is 537. The fourth-order valence-corrected chi connectivity index (χ4v) is 2.62. The molecule has 0 atom stereocenters. The summed E-state index contributed by atoms with van der Waals surface area (Å²) < 4.78 is 5.17. The molecule has 2 nitrogen and oxygen atoms in total. The molecule has 98 valence electrons. The lowest BCUT2D eigenvalue weighted by Gasteiger charge is -2.04. The second kappa shape index (κ2) is 7.00. The number of benzene rings is 2. The van der Waals surface area contributed by atoms with Gasteiger partial charge in [-0.15, -0.1) is 11.8 Å². The number of hydrogen-bond acceptors (Lipinski definition) is 3. The van der Waals surface area contributed by atoms with E-state index in [4.69, 9.17) is 4.74 Å². The van der Waals surface area contributed by atoms with Gasteiger partial charge < -0.3 is 4.74 Å². The molecule has 0 aliphatic carbocycles. The van der Waals surface area contributed by atoms with Gasteiger partial charge in [-0.2, -0.15) is 0 Å². The van der Waals surface area contributed by atoms with Crippen LogP contribution in [0.2, 0.25) is 0 Å². The van der Waals surface area contributed by atoms with E-state index in [0.717, 1.165) is 22.0 Å². The van der Waals surface area contributed by atoms with Crippen molar-refractivity contribution in [2.45, 2.75) is 11.3 Å². The van der Waals surface area contributed by atoms with Gasteiger partial charge in [0.2, 0.25) is 0 Å². The van der Waals surface area contributed by atoms with Crippen LogP contribution in [0.1, 0.15) is 16.8 Å². The minimum absolute atomic E-state index is 0.191. The molecular weight excluding hydrogens is 256 g/mol. The lowest BCUT2D eigenvalue weighted by Crippen LogP contribution is -1.99. The number of hydrogen-bond donors (Lipinski definition) is 0. The molecule has 19 heavy (non-hydrogen) atoms. The van der Waals surface area contributed by atoms with Gasteiger partial charge >= 0.3 is 0 Å². The first kappa shape index (κ1) is 13.7. The van der Waals surface area contributed by atoms with E-state index >= 15 is 0 Å². The first-order valence-corrected chi connectivity index (χ1v) is 7.13. The van der Waals surface area contributed by atoms with Crippen molar-refractivity contribution in [1.82, 2.24) is 0 Å². The predicted molar refractivity (Wildman–Crippen MR) is 79.1 cm³/mol. The Balaban J connectivity index is 1.85. The third-order valence-electron chi connectivity index (χ3n) is 2.73. The molecule has 2 rings (SSSR count). The SMILES string of the molecule is COc1cccc(SCCC(=O)c2ccccc2)c1. The van der Waals surface area contributed by atoms with Gasteiger partial charge in [-0.25, -0.2) is 0 Å². The largest absolute Gasteiger partial charge is 0.497 e. The van der Waals surface area contributed by atoms with E-state index in [1.807, 2.05) is 54.6 Å². The van der Waals surface area contributed by atoms with Crippen LogP contribution >= 0.6 is 11.8 Å². The van der Waals surface area contributed by atoms with Crippen molar-refractivity contribution in [2.24, 2.45) is 0 Å². The summed E-state index contributed by atoms with van der Waals surface area (Å²) in [5.41, 5.74) is 0.786. The fourth-order valence-electron chi connectivity index (χ4n) is 1.72. The molecular formula is C16H16O2S. The molecule has 3 heteroatoms. The van der Waals surface area contributed by atoms with Crippen LogP contribution in [0.25, 0.3) is 0 Å². The van der Waals surface area contributed by atoms with Crippen LogP contribution in [0.15, 0.2) is 59.5 Å². The summed E-state index contributed by atoms with van der Waals surface area (Å²) >= 11 is 1.67. The summed E-state index contributed by atoms with van der Waals surface area (Å²) in [5, 5.41) is 0. The van der Waals surface area contributed by atoms with Gasteiger partial charge in [0, 0.05) is 22.6 Å². The van der Waals surface area contributed by atoms with Crippen LogP contribution in [0.5, 0.6) is 5.75 Å². The smallest absolute Gasteiger partial charge is 0.163 e. The van der Waals surface area contributed by atoms with E-state index in [1.165, 1.54) is 0 Å². The Morgan fingerprint density at radius 1 is 1.11 bits per heavy atom. The van der Waals surface area contributed by atoms with Crippen LogP contribution in [-0.4, -0.2) is 18.6 Å². The lowest BCUT2D eigenvalue weighted by atomic mass is 10.1. The molecule has 2 aromatic rings. The van der Waals surface area contributed by atoms with Crippen molar-refractivity contribution >= 4 is 17.5 Å². The van der Waals surface area contributed by atoms with Gasteiger partial charge in [0.1, 0.15) is 5.75 Å². The van der Waals surface area contributed by atoms with Crippen LogP contribution in [0.3, 0.4) is 0 Å². The summed E-state index contributed by atoms with van der Waals surface area (Å²) in [6.07, 6.45) is 0.548. The number of methoxy groups -OCH3 is 1. The maximum Gasteiger partial charge on any atom is 0.163 e. The molecule has 0 aromatic heterocycles. The summed E-state index contributed by atoms with van der Waals surface area (Å²) in [5.74, 6) is 1.82. The van der Waals surface area contributed by atoms with E-state index < -0.39 is 0 Å². The zero-order chi connectivity index (χ0) is 13.5. The molecule has 0 amide bonds. The molecule has 0 unspecified atom stereocenters. The van der Waals surface area contributed by atoms with Crippen molar-refractivity contribution in [2.75, 3.05) is 12.9 Å². The normalized spacial score (nSPS) is 10.2. The second-order valence-corrected chi connectivity index (χ2v) is 5.23. The number of ketones is 1. The molecule has 0 spiro atoms. The first-order chi connectivity index (χ1) is 9.29. The van der Waals surface area contributed by atoms with Crippen molar-refractivity contribution < 1.29 is 9.53 Å². The number of rotatable bonds is 6. The van der Waals surface area contributed by atoms with Gasteiger partial charge in [-0.05, 0) is 18.2 Å². The summed E-state index contributed by atoms with van der Waals surface area (Å²) in [6.45, 7) is 0. The van der Waals surface area contributed by atoms with Gasteiger partial charge in [-0.1, -0.05) is 36.4 Å². The minimum atomic E-state index is 0.191. The number of ether oxygens (including phenoxy) is 1. The number of Topliss-reactive ketones (excluding diaryl/α,β-unsaturated/α-hetero) is 1. The van der Waals surface area contributed by atoms with Gasteiger partial charge in [0.25, 0.3) is 0 Å². The number of carbonyl (C=O) groups excluding carboxylic acids is 1. The van der Waals surface area contributed by atoms with Crippen molar-refractivity contribution in [1.29, 1.82) is 0 Å². The molecule has 0 radical (unpaired) electrons. The van der Waals surface area contributed by atoms with E-state index in [-0.39, 0.29) is 5.78 Å². The highest BCUT2D eigenvalue weighted by Crippen LogP contribution is 2.23. The molecule has 0 fully saturated rings. The highest BCUT2D eigenvalue weighted by Gasteiger charge is 2.05. The zero-order valence-corrected chi connectivity index (χ0v) is 11.7. The maximum absolute atomic E-state index is 11.9. The first-order valence-electron chi connectivity index (χ1n) is 6.14. The van der Waals surface area contributed by atoms with Crippen LogP contribution < -0.4 is 4.74 Å². The molecule has 0 saturated carbocycles. The third-order valence-corrected chi connectivity index (χ3v) is 3.73. The van der Waals surface area contributed by atoms with Gasteiger partial charge in [0.05, 0.1) is 7.11 Å². The Kier molecular flexibility index (Phi) is 5.04. The number of carbonyl (C=O) groups is 1. The molecule has 0 aliphatic rings. The summed E-state index contributed by atoms with van der Waals surface area (Å²) in [7, 11) is 1.66. The molecule has 2 aromatic carbocycles. The molecule has 0 heterocycles. The van der Waals surface area contributed by atoms with Crippen LogP contribution in [-0.2, 0) is 0 Å². The van der Waals surface area contributed by atoms with Crippen LogP contribution in [0.4, 0.5) is 0 Å². The average molecular weight is 272 g/mol. The molecule has 0 bridgehead atoms. The summed E-state index contributed by atoms with van der Waals surface area (Å²) in [6, 6.07) is 17.3. The van der Waals surface area contributed by atoms with E-state index in [2.05, 4.69) is 0 Å². The highest BCUT2D eigenvalue weighted by molar-refractivity contribution is 7.99. The minimum Gasteiger partial charge on any atom is -0.497 e. The van der Waals surface area contributed by atoms with Gasteiger partial charge in [-0.3, -0.25) is 4.79 Å². The second-order valence-electron chi connectivity index (χ2n) is 4.07. The van der Waals surface area contributed by atoms with Crippen LogP contribution in [0, 0.1) is 0 Å². The maximum atomic E-state index is 11.9. The average Bonchev–Trinajstić information content (AvgIpc) is 2.48. The molecule has 0 saturated heterocycles. The Morgan fingerprint density at radius 3 is 2.63 bits per heavy atom. The predicted octanol–water partition coefficient (Wildman–Crippen LogP) is 4.06. The number of thioether (sulfide) groups is 1. The molecule has 0 aliphatic heterocycles. The van der Waals surface area contributed by atoms with Crippen molar-refractivity contribution in [3.63, 3.8) is 0 Å². The van der Waals surface area contributed by atoms with E-state index in [0.29, 0.717) is 6.42 Å². The topological polar surface area (TPSA) is 26.3 Å². The highest BCUT2D eigenvalue weighted by atomic mass is 32.2. The lowest BCUT2D eigenvalue weighted by molar-refractivity contribution is 0.0989. The fraction of sp³-hybridized carbons (Fsp3) is 0.188. The third kappa shape index (κ3) is 4.14. The van der Waals surface area contributed by atoms with Crippen molar-refractivity contribution in [3.05, 3.63) is 60.2 Å². The van der Waals surface area contributed by atoms with E-state index in [9.17, 15) is 4.79 Å². The van der Waals surface area contributed by atoms with E-state index in [1.54, 1.807) is 18.9 Å². The van der Waals surface area contributed by atoms with Gasteiger partial charge in [0.15, 0.2) is 5.78 Å². The monoisotopic (exact) mass is 272 g/mol. The zero-order valence-electron chi connectivity index (χ0n) is 10.8. The summed E-state index contributed by atoms with van der Waals surface area (Å²) in [4.78, 5) is 13.0. The Morgan fingerprint density at radius 2 is 1.89 bits per heavy atom.